The molecule has 3 N–H and O–H groups in total. The Balaban J connectivity index is 1.99. The zero-order valence-electron chi connectivity index (χ0n) is 21.7. The van der Waals surface area contributed by atoms with Crippen LogP contribution in [0.25, 0.3) is 0 Å². The van der Waals surface area contributed by atoms with E-state index >= 15 is 0 Å². The average molecular weight is 524 g/mol. The standard InChI is InChI=1S/C28H29NO9/c1-13-25(32)23-16(11-29-13)12-38-28(23)19-9-17(14(2)30)26(33)24(27(19)34)18(10-22(31)37-5)15-6-7-20(35-3)21(8-15)36-4/h6-9,11,18,28,32-34H,10,12H2,1-5H3/t18-,28+/m1/s1. The molecule has 0 aliphatic carbocycles. The van der Waals surface area contributed by atoms with E-state index in [-0.39, 0.29) is 41.2 Å². The van der Waals surface area contributed by atoms with Gasteiger partial charge in [0.1, 0.15) is 23.4 Å². The van der Waals surface area contributed by atoms with Crippen LogP contribution in [0.5, 0.6) is 28.7 Å². The topological polar surface area (TPSA) is 145 Å². The third-order valence-electron chi connectivity index (χ3n) is 6.78. The molecule has 2 aromatic carbocycles. The van der Waals surface area contributed by atoms with Crippen molar-refractivity contribution in [1.82, 2.24) is 4.98 Å². The number of ether oxygens (including phenoxy) is 4. The number of fused-ring (bicyclic) bond motifs is 1. The molecule has 0 saturated heterocycles. The predicted molar refractivity (Wildman–Crippen MR) is 135 cm³/mol. The number of phenols is 2. The first kappa shape index (κ1) is 26.7. The molecule has 1 aromatic heterocycles. The minimum Gasteiger partial charge on any atom is -0.507 e. The number of aryl methyl sites for hydroxylation is 1. The number of esters is 1. The number of aromatic nitrogens is 1. The number of carbonyl (C=O) groups excluding carboxylic acids is 2. The molecule has 0 unspecified atom stereocenters. The van der Waals surface area contributed by atoms with Gasteiger partial charge in [-0.25, -0.2) is 0 Å². The largest absolute Gasteiger partial charge is 0.507 e. The number of phenolic OH excluding ortho intramolecular Hbond substituents is 2. The van der Waals surface area contributed by atoms with Crippen LogP contribution in [0.3, 0.4) is 0 Å². The molecule has 0 amide bonds. The molecule has 0 fully saturated rings. The van der Waals surface area contributed by atoms with Crippen LogP contribution >= 0.6 is 0 Å². The molecule has 0 saturated carbocycles. The van der Waals surface area contributed by atoms with Crippen LogP contribution in [-0.4, -0.2) is 53.4 Å². The first-order chi connectivity index (χ1) is 18.1. The predicted octanol–water partition coefficient (Wildman–Crippen LogP) is 4.04. The van der Waals surface area contributed by atoms with Crippen molar-refractivity contribution in [3.05, 3.63) is 69.5 Å². The summed E-state index contributed by atoms with van der Waals surface area (Å²) in [6.07, 6.45) is 0.358. The number of benzene rings is 2. The first-order valence-electron chi connectivity index (χ1n) is 11.8. The molecule has 4 rings (SSSR count). The molecule has 2 atom stereocenters. The van der Waals surface area contributed by atoms with Crippen molar-refractivity contribution in [3.63, 3.8) is 0 Å². The molecular formula is C28H29NO9. The first-order valence-corrected chi connectivity index (χ1v) is 11.8. The third-order valence-corrected chi connectivity index (χ3v) is 6.78. The maximum atomic E-state index is 12.6. The number of Topliss-reactive ketones (excluding diaryl/α,β-unsaturated/α-hetero) is 1. The van der Waals surface area contributed by atoms with Gasteiger partial charge < -0.3 is 34.3 Å². The van der Waals surface area contributed by atoms with Crippen molar-refractivity contribution in [1.29, 1.82) is 0 Å². The highest BCUT2D eigenvalue weighted by atomic mass is 16.5. The van der Waals surface area contributed by atoms with E-state index in [0.29, 0.717) is 33.9 Å². The van der Waals surface area contributed by atoms with E-state index in [1.807, 2.05) is 0 Å². The van der Waals surface area contributed by atoms with E-state index in [9.17, 15) is 24.9 Å². The summed E-state index contributed by atoms with van der Waals surface area (Å²) in [7, 11) is 4.17. The van der Waals surface area contributed by atoms with Crippen molar-refractivity contribution in [2.24, 2.45) is 0 Å². The highest BCUT2D eigenvalue weighted by Crippen LogP contribution is 2.51. The van der Waals surface area contributed by atoms with E-state index in [4.69, 9.17) is 18.9 Å². The lowest BCUT2D eigenvalue weighted by molar-refractivity contribution is -0.140. The molecule has 0 bridgehead atoms. The highest BCUT2D eigenvalue weighted by Gasteiger charge is 2.36. The second-order valence-corrected chi connectivity index (χ2v) is 8.95. The van der Waals surface area contributed by atoms with Crippen LogP contribution < -0.4 is 9.47 Å². The van der Waals surface area contributed by atoms with Crippen molar-refractivity contribution in [2.75, 3.05) is 21.3 Å². The monoisotopic (exact) mass is 523 g/mol. The Morgan fingerprint density at radius 3 is 2.39 bits per heavy atom. The Morgan fingerprint density at radius 2 is 1.76 bits per heavy atom. The molecule has 10 nitrogen and oxygen atoms in total. The summed E-state index contributed by atoms with van der Waals surface area (Å²) in [5.41, 5.74) is 1.91. The molecule has 10 heteroatoms. The summed E-state index contributed by atoms with van der Waals surface area (Å²) >= 11 is 0. The van der Waals surface area contributed by atoms with Gasteiger partial charge in [0.2, 0.25) is 0 Å². The Hall–Kier alpha value is -4.31. The number of rotatable bonds is 8. The molecule has 200 valence electrons. The van der Waals surface area contributed by atoms with Gasteiger partial charge in [-0.1, -0.05) is 6.07 Å². The zero-order valence-corrected chi connectivity index (χ0v) is 21.7. The lowest BCUT2D eigenvalue weighted by atomic mass is 9.83. The maximum absolute atomic E-state index is 12.6. The fourth-order valence-corrected chi connectivity index (χ4v) is 4.77. The Kier molecular flexibility index (Phi) is 7.45. The summed E-state index contributed by atoms with van der Waals surface area (Å²) in [5.74, 6) is -2.18. The number of methoxy groups -OCH3 is 3. The van der Waals surface area contributed by atoms with Gasteiger partial charge in [0, 0.05) is 34.4 Å². The summed E-state index contributed by atoms with van der Waals surface area (Å²) in [4.78, 5) is 29.3. The zero-order chi connectivity index (χ0) is 27.7. The highest BCUT2D eigenvalue weighted by molar-refractivity contribution is 5.98. The maximum Gasteiger partial charge on any atom is 0.306 e. The van der Waals surface area contributed by atoms with Crippen LogP contribution in [0.2, 0.25) is 0 Å². The quantitative estimate of drug-likeness (QED) is 0.292. The van der Waals surface area contributed by atoms with Gasteiger partial charge in [0.15, 0.2) is 17.3 Å². The van der Waals surface area contributed by atoms with Gasteiger partial charge in [-0.3, -0.25) is 14.6 Å². The Morgan fingerprint density at radius 1 is 1.05 bits per heavy atom. The fraction of sp³-hybridized carbons (Fsp3) is 0.321. The molecule has 0 radical (unpaired) electrons. The number of ketones is 1. The smallest absolute Gasteiger partial charge is 0.306 e. The molecule has 2 heterocycles. The van der Waals surface area contributed by atoms with E-state index in [2.05, 4.69) is 4.98 Å². The van der Waals surface area contributed by atoms with E-state index in [1.165, 1.54) is 34.3 Å². The number of hydrogen-bond acceptors (Lipinski definition) is 10. The molecular weight excluding hydrogens is 494 g/mol. The van der Waals surface area contributed by atoms with E-state index in [1.54, 1.807) is 31.3 Å². The normalized spacial score (nSPS) is 15.0. The van der Waals surface area contributed by atoms with Gasteiger partial charge in [-0.15, -0.1) is 0 Å². The van der Waals surface area contributed by atoms with Crippen molar-refractivity contribution >= 4 is 11.8 Å². The van der Waals surface area contributed by atoms with Gasteiger partial charge in [0.05, 0.1) is 45.6 Å². The van der Waals surface area contributed by atoms with Crippen molar-refractivity contribution < 1.29 is 43.9 Å². The number of nitrogens with zero attached hydrogens (tertiary/aromatic N) is 1. The van der Waals surface area contributed by atoms with Gasteiger partial charge in [-0.2, -0.15) is 0 Å². The number of pyridine rings is 1. The Bertz CT molecular complexity index is 1420. The molecule has 3 aromatic rings. The van der Waals surface area contributed by atoms with Crippen LogP contribution in [0.4, 0.5) is 0 Å². The minimum atomic E-state index is -0.951. The number of hydrogen-bond donors (Lipinski definition) is 3. The number of aromatic hydroxyl groups is 3. The summed E-state index contributed by atoms with van der Waals surface area (Å²) < 4.78 is 21.6. The van der Waals surface area contributed by atoms with Crippen LogP contribution in [0.1, 0.15) is 69.2 Å². The second kappa shape index (κ2) is 10.6. The summed E-state index contributed by atoms with van der Waals surface area (Å²) in [6, 6.07) is 6.26. The van der Waals surface area contributed by atoms with Gasteiger partial charge in [0.25, 0.3) is 0 Å². The molecule has 1 aliphatic heterocycles. The minimum absolute atomic E-state index is 0.0624. The third kappa shape index (κ3) is 4.58. The van der Waals surface area contributed by atoms with Gasteiger partial charge >= 0.3 is 5.97 Å². The van der Waals surface area contributed by atoms with E-state index < -0.39 is 29.5 Å². The molecule has 38 heavy (non-hydrogen) atoms. The Labute approximate surface area is 219 Å². The fourth-order valence-electron chi connectivity index (χ4n) is 4.77. The summed E-state index contributed by atoms with van der Waals surface area (Å²) in [6.45, 7) is 3.03. The SMILES string of the molecule is COC(=O)C[C@H](c1ccc(OC)c(OC)c1)c1c(O)c(C(C)=O)cc([C@@H]2OCc3cnc(C)c(O)c32)c1O. The van der Waals surface area contributed by atoms with Crippen molar-refractivity contribution in [2.45, 2.75) is 38.9 Å². The van der Waals surface area contributed by atoms with Crippen LogP contribution in [-0.2, 0) is 20.9 Å². The molecule has 0 spiro atoms. The number of carbonyl (C=O) groups is 2. The van der Waals surface area contributed by atoms with Crippen LogP contribution in [0, 0.1) is 6.92 Å². The lowest BCUT2D eigenvalue weighted by Gasteiger charge is -2.25. The van der Waals surface area contributed by atoms with Gasteiger partial charge in [-0.05, 0) is 37.6 Å². The average Bonchev–Trinajstić information content (AvgIpc) is 3.34. The van der Waals surface area contributed by atoms with E-state index in [0.717, 1.165) is 0 Å². The summed E-state index contributed by atoms with van der Waals surface area (Å²) in [5, 5.41) is 33.6. The second-order valence-electron chi connectivity index (χ2n) is 8.95. The molecule has 1 aliphatic rings. The van der Waals surface area contributed by atoms with Crippen LogP contribution in [0.15, 0.2) is 30.5 Å². The lowest BCUT2D eigenvalue weighted by Crippen LogP contribution is -2.14. The van der Waals surface area contributed by atoms with Crippen molar-refractivity contribution in [3.8, 4) is 28.7 Å².